The van der Waals surface area contributed by atoms with Gasteiger partial charge in [-0.2, -0.15) is 0 Å². The maximum atomic E-state index is 6.14. The van der Waals surface area contributed by atoms with Crippen molar-refractivity contribution in [3.8, 4) is 0 Å². The second kappa shape index (κ2) is 7.67. The molecule has 0 aliphatic carbocycles. The maximum Gasteiger partial charge on any atom is 0.139 e. The van der Waals surface area contributed by atoms with Crippen LogP contribution in [0.3, 0.4) is 0 Å². The molecule has 5 rings (SSSR count). The number of nitrogens with zero attached hydrogens (tertiary/aromatic N) is 5. The molecule has 1 aliphatic rings. The molecule has 0 saturated heterocycles. The first-order chi connectivity index (χ1) is 15.0. The summed E-state index contributed by atoms with van der Waals surface area (Å²) >= 11 is 1.63. The first-order valence-electron chi connectivity index (χ1n) is 10.2. The number of rotatable bonds is 4. The van der Waals surface area contributed by atoms with Crippen molar-refractivity contribution in [1.29, 1.82) is 0 Å². The van der Waals surface area contributed by atoms with Crippen molar-refractivity contribution in [2.45, 2.75) is 13.3 Å². The Kier molecular flexibility index (Phi) is 4.82. The Hall–Kier alpha value is -3.45. The van der Waals surface area contributed by atoms with E-state index >= 15 is 0 Å². The lowest BCUT2D eigenvalue weighted by Crippen LogP contribution is -2.28. The number of anilines is 3. The minimum absolute atomic E-state index is 0.517. The van der Waals surface area contributed by atoms with Crippen molar-refractivity contribution in [3.63, 3.8) is 0 Å². The number of nitrogens with two attached hydrogens (primary N) is 1. The molecular weight excluding hydrogens is 404 g/mol. The van der Waals surface area contributed by atoms with Crippen molar-refractivity contribution < 1.29 is 0 Å². The topological polar surface area (TPSA) is 70.6 Å². The molecule has 1 aliphatic heterocycles. The van der Waals surface area contributed by atoms with Gasteiger partial charge >= 0.3 is 0 Å². The van der Waals surface area contributed by atoms with Crippen LogP contribution in [0, 0.1) is 6.92 Å². The van der Waals surface area contributed by atoms with E-state index in [0.717, 1.165) is 45.1 Å². The predicted molar refractivity (Wildman–Crippen MR) is 130 cm³/mol. The number of thiophene rings is 1. The first kappa shape index (κ1) is 19.5. The average Bonchev–Trinajstić information content (AvgIpc) is 3.26. The van der Waals surface area contributed by atoms with Gasteiger partial charge in [-0.15, -0.1) is 11.3 Å². The van der Waals surface area contributed by atoms with Gasteiger partial charge in [0.25, 0.3) is 0 Å². The largest absolute Gasteiger partial charge is 0.383 e. The zero-order valence-corrected chi connectivity index (χ0v) is 18.6. The predicted octanol–water partition coefficient (Wildman–Crippen LogP) is 4.47. The SMILES string of the molecule is Cc1ccc2c(Cc3ccc(N(C)C)nc3)nccc2c1N1CN=C(N)c2sccc21. The van der Waals surface area contributed by atoms with Crippen LogP contribution in [-0.4, -0.2) is 36.6 Å². The highest BCUT2D eigenvalue weighted by Gasteiger charge is 2.24. The maximum absolute atomic E-state index is 6.14. The molecule has 156 valence electrons. The molecule has 7 heteroatoms. The molecule has 0 radical (unpaired) electrons. The van der Waals surface area contributed by atoms with Gasteiger partial charge in [0.15, 0.2) is 0 Å². The Morgan fingerprint density at radius 2 is 1.94 bits per heavy atom. The lowest BCUT2D eigenvalue weighted by molar-refractivity contribution is 0.964. The van der Waals surface area contributed by atoms with Crippen LogP contribution < -0.4 is 15.5 Å². The fraction of sp³-hybridized carbons (Fsp3) is 0.208. The molecule has 31 heavy (non-hydrogen) atoms. The minimum atomic E-state index is 0.517. The van der Waals surface area contributed by atoms with Gasteiger partial charge in [-0.1, -0.05) is 18.2 Å². The van der Waals surface area contributed by atoms with Crippen LogP contribution in [-0.2, 0) is 6.42 Å². The van der Waals surface area contributed by atoms with Crippen LogP contribution in [0.5, 0.6) is 0 Å². The van der Waals surface area contributed by atoms with Gasteiger partial charge in [-0.3, -0.25) is 4.98 Å². The Bertz CT molecular complexity index is 1290. The molecular formula is C24H24N6S. The average molecular weight is 429 g/mol. The number of pyridine rings is 2. The highest BCUT2D eigenvalue weighted by atomic mass is 32.1. The molecule has 2 N–H and O–H groups in total. The number of aromatic nitrogens is 2. The molecule has 4 heterocycles. The normalized spacial score (nSPS) is 13.3. The van der Waals surface area contributed by atoms with Crippen LogP contribution in [0.25, 0.3) is 10.8 Å². The molecule has 0 amide bonds. The van der Waals surface area contributed by atoms with Gasteiger partial charge in [0.2, 0.25) is 0 Å². The van der Waals surface area contributed by atoms with Crippen LogP contribution in [0.1, 0.15) is 21.7 Å². The lowest BCUT2D eigenvalue weighted by Gasteiger charge is -2.29. The van der Waals surface area contributed by atoms with E-state index in [0.29, 0.717) is 12.5 Å². The van der Waals surface area contributed by atoms with Crippen molar-refractivity contribution in [3.05, 3.63) is 75.9 Å². The zero-order chi connectivity index (χ0) is 21.5. The Balaban J connectivity index is 1.58. The summed E-state index contributed by atoms with van der Waals surface area (Å²) in [6.07, 6.45) is 4.57. The quantitative estimate of drug-likeness (QED) is 0.519. The molecule has 0 bridgehead atoms. The molecule has 0 saturated carbocycles. The van der Waals surface area contributed by atoms with E-state index in [9.17, 15) is 0 Å². The molecule has 0 unspecified atom stereocenters. The van der Waals surface area contributed by atoms with Crippen LogP contribution >= 0.6 is 11.3 Å². The number of hydrogen-bond acceptors (Lipinski definition) is 7. The van der Waals surface area contributed by atoms with Crippen molar-refractivity contribution in [2.24, 2.45) is 10.7 Å². The van der Waals surface area contributed by atoms with Crippen molar-refractivity contribution >= 4 is 45.1 Å². The van der Waals surface area contributed by atoms with Crippen LogP contribution in [0.2, 0.25) is 0 Å². The summed E-state index contributed by atoms with van der Waals surface area (Å²) in [4.78, 5) is 19.1. The number of hydrogen-bond donors (Lipinski definition) is 1. The Morgan fingerprint density at radius 1 is 1.06 bits per heavy atom. The summed E-state index contributed by atoms with van der Waals surface area (Å²) in [5, 5.41) is 4.40. The van der Waals surface area contributed by atoms with Crippen molar-refractivity contribution in [2.75, 3.05) is 30.6 Å². The van der Waals surface area contributed by atoms with Gasteiger partial charge in [0, 0.05) is 43.7 Å². The smallest absolute Gasteiger partial charge is 0.139 e. The highest BCUT2D eigenvalue weighted by Crippen LogP contribution is 2.40. The van der Waals surface area contributed by atoms with Gasteiger partial charge in [0.1, 0.15) is 18.3 Å². The van der Waals surface area contributed by atoms with Gasteiger partial charge in [-0.25, -0.2) is 9.98 Å². The Labute approximate surface area is 185 Å². The Morgan fingerprint density at radius 3 is 2.71 bits per heavy atom. The van der Waals surface area contributed by atoms with E-state index in [4.69, 9.17) is 10.7 Å². The van der Waals surface area contributed by atoms with E-state index in [1.807, 2.05) is 37.5 Å². The second-order valence-corrected chi connectivity index (χ2v) is 8.84. The van der Waals surface area contributed by atoms with Gasteiger partial charge < -0.3 is 15.5 Å². The monoisotopic (exact) mass is 428 g/mol. The minimum Gasteiger partial charge on any atom is -0.383 e. The number of fused-ring (bicyclic) bond motifs is 2. The number of benzene rings is 1. The van der Waals surface area contributed by atoms with E-state index in [2.05, 4.69) is 57.5 Å². The van der Waals surface area contributed by atoms with E-state index < -0.39 is 0 Å². The van der Waals surface area contributed by atoms with Crippen molar-refractivity contribution in [1.82, 2.24) is 9.97 Å². The fourth-order valence-corrected chi connectivity index (χ4v) is 4.90. The summed E-state index contributed by atoms with van der Waals surface area (Å²) < 4.78 is 0. The number of aliphatic imine (C=N–C) groups is 1. The van der Waals surface area contributed by atoms with E-state index in [1.54, 1.807) is 11.3 Å². The molecule has 0 fully saturated rings. The summed E-state index contributed by atoms with van der Waals surface area (Å²) in [7, 11) is 3.99. The third kappa shape index (κ3) is 3.41. The number of aryl methyl sites for hydroxylation is 1. The summed E-state index contributed by atoms with van der Waals surface area (Å²) in [6.45, 7) is 2.66. The first-order valence-corrected chi connectivity index (χ1v) is 11.1. The second-order valence-electron chi connectivity index (χ2n) is 7.93. The third-order valence-electron chi connectivity index (χ3n) is 5.66. The standard InChI is InChI=1S/C24H24N6S/c1-15-4-6-17-18(22(15)30-14-28-24(25)23-20(30)9-11-31-23)8-10-26-19(17)12-16-5-7-21(27-13-16)29(2)3/h4-11,13H,12,14H2,1-3H3,(H2,25,28). The third-order valence-corrected chi connectivity index (χ3v) is 6.59. The molecule has 1 aromatic carbocycles. The van der Waals surface area contributed by atoms with E-state index in [1.165, 1.54) is 10.9 Å². The molecule has 0 atom stereocenters. The van der Waals surface area contributed by atoms with Crippen LogP contribution in [0.4, 0.5) is 17.2 Å². The van der Waals surface area contributed by atoms with Gasteiger partial charge in [0.05, 0.1) is 21.9 Å². The van der Waals surface area contributed by atoms with Crippen LogP contribution in [0.15, 0.2) is 59.2 Å². The summed E-state index contributed by atoms with van der Waals surface area (Å²) in [5.74, 6) is 1.57. The molecule has 3 aromatic heterocycles. The lowest BCUT2D eigenvalue weighted by atomic mass is 10.00. The summed E-state index contributed by atoms with van der Waals surface area (Å²) in [5.41, 5.74) is 11.8. The summed E-state index contributed by atoms with van der Waals surface area (Å²) in [6, 6.07) is 12.7. The number of amidine groups is 1. The van der Waals surface area contributed by atoms with E-state index in [-0.39, 0.29) is 0 Å². The highest BCUT2D eigenvalue weighted by molar-refractivity contribution is 7.12. The van der Waals surface area contributed by atoms with Gasteiger partial charge in [-0.05, 0) is 41.6 Å². The molecule has 6 nitrogen and oxygen atoms in total. The zero-order valence-electron chi connectivity index (χ0n) is 17.8. The fourth-order valence-electron chi connectivity index (χ4n) is 4.08. The molecule has 0 spiro atoms. The molecule has 4 aromatic rings.